The fraction of sp³-hybridized carbons (Fsp3) is 0.393. The molecule has 1 aliphatic carbocycles. The number of esters is 1. The number of hydrogen-bond donors (Lipinski definition) is 0. The van der Waals surface area contributed by atoms with Crippen LogP contribution >= 0.6 is 11.6 Å². The van der Waals surface area contributed by atoms with Gasteiger partial charge in [0.05, 0.1) is 13.7 Å². The molecule has 0 N–H and O–H groups in total. The molecule has 34 heavy (non-hydrogen) atoms. The zero-order valence-corrected chi connectivity index (χ0v) is 20.8. The molecular weight excluding hydrogens is 450 g/mol. The first-order valence-electron chi connectivity index (χ1n) is 11.7. The molecule has 0 saturated heterocycles. The fourth-order valence-corrected chi connectivity index (χ4v) is 4.97. The molecule has 1 unspecified atom stereocenters. The zero-order valence-electron chi connectivity index (χ0n) is 20.0. The zero-order chi connectivity index (χ0) is 24.4. The third-order valence-electron chi connectivity index (χ3n) is 6.52. The highest BCUT2D eigenvalue weighted by Crippen LogP contribution is 2.47. The largest absolute Gasteiger partial charge is 0.497 e. The summed E-state index contributed by atoms with van der Waals surface area (Å²) in [6.07, 6.45) is 1.01. The highest BCUT2D eigenvalue weighted by molar-refractivity contribution is 6.30. The standard InChI is InChI=1S/C28H30ClNO4/c1-16(2)15-34-28(32)25-17(3)30-23-13-20(18-5-9-21(29)10-6-18)14-24(31)27(23)26(25)19-7-11-22(33-4)12-8-19/h5-12,16,20,25-26H,13-15H2,1-4H3/t20-,25?,26-/m1/s1. The van der Waals surface area contributed by atoms with E-state index in [0.717, 1.165) is 22.6 Å². The van der Waals surface area contributed by atoms with Crippen molar-refractivity contribution in [3.05, 3.63) is 76.0 Å². The Morgan fingerprint density at radius 1 is 1.06 bits per heavy atom. The average Bonchev–Trinajstić information content (AvgIpc) is 2.82. The van der Waals surface area contributed by atoms with E-state index in [1.165, 1.54) is 0 Å². The van der Waals surface area contributed by atoms with Crippen molar-refractivity contribution in [3.8, 4) is 5.75 Å². The highest BCUT2D eigenvalue weighted by atomic mass is 35.5. The lowest BCUT2D eigenvalue weighted by Gasteiger charge is -2.36. The number of carbonyl (C=O) groups is 2. The minimum absolute atomic E-state index is 0.0277. The molecule has 5 nitrogen and oxygen atoms in total. The second-order valence-electron chi connectivity index (χ2n) is 9.45. The van der Waals surface area contributed by atoms with Gasteiger partial charge in [-0.05, 0) is 60.6 Å². The molecule has 1 heterocycles. The molecule has 0 bridgehead atoms. The highest BCUT2D eigenvalue weighted by Gasteiger charge is 2.44. The van der Waals surface area contributed by atoms with Crippen LogP contribution in [-0.2, 0) is 14.3 Å². The van der Waals surface area contributed by atoms with Crippen LogP contribution in [0, 0.1) is 11.8 Å². The molecule has 2 aromatic carbocycles. The van der Waals surface area contributed by atoms with Gasteiger partial charge >= 0.3 is 5.97 Å². The van der Waals surface area contributed by atoms with E-state index in [0.29, 0.717) is 35.8 Å². The van der Waals surface area contributed by atoms with E-state index in [1.807, 2.05) is 69.3 Å². The number of nitrogens with zero attached hydrogens (tertiary/aromatic N) is 1. The normalized spacial score (nSPS) is 22.4. The van der Waals surface area contributed by atoms with E-state index in [9.17, 15) is 9.59 Å². The lowest BCUT2D eigenvalue weighted by Crippen LogP contribution is -2.38. The summed E-state index contributed by atoms with van der Waals surface area (Å²) in [5.74, 6) is -0.416. The van der Waals surface area contributed by atoms with Crippen LogP contribution in [0.2, 0.25) is 5.02 Å². The number of hydrogen-bond acceptors (Lipinski definition) is 5. The van der Waals surface area contributed by atoms with Gasteiger partial charge in [0.15, 0.2) is 5.78 Å². The van der Waals surface area contributed by atoms with E-state index < -0.39 is 11.8 Å². The first-order chi connectivity index (χ1) is 16.3. The Hall–Kier alpha value is -2.92. The quantitative estimate of drug-likeness (QED) is 0.468. The van der Waals surface area contributed by atoms with E-state index >= 15 is 0 Å². The van der Waals surface area contributed by atoms with Crippen LogP contribution in [0.1, 0.15) is 56.6 Å². The van der Waals surface area contributed by atoms with E-state index in [4.69, 9.17) is 26.1 Å². The van der Waals surface area contributed by atoms with Crippen molar-refractivity contribution in [2.75, 3.05) is 13.7 Å². The summed E-state index contributed by atoms with van der Waals surface area (Å²) in [5, 5.41) is 0.666. The maximum atomic E-state index is 13.6. The molecule has 0 spiro atoms. The Bertz CT molecular complexity index is 1130. The molecule has 4 rings (SSSR count). The summed E-state index contributed by atoms with van der Waals surface area (Å²) < 4.78 is 10.9. The Labute approximate surface area is 205 Å². The number of carbonyl (C=O) groups excluding carboxylic acids is 2. The fourth-order valence-electron chi connectivity index (χ4n) is 4.85. The van der Waals surface area contributed by atoms with Gasteiger partial charge in [-0.15, -0.1) is 0 Å². The number of methoxy groups -OCH3 is 1. The number of benzene rings is 2. The number of ether oxygens (including phenoxy) is 2. The molecule has 6 heteroatoms. The lowest BCUT2D eigenvalue weighted by atomic mass is 9.69. The Balaban J connectivity index is 1.75. The van der Waals surface area contributed by atoms with Gasteiger partial charge in [-0.2, -0.15) is 0 Å². The van der Waals surface area contributed by atoms with Gasteiger partial charge in [-0.25, -0.2) is 0 Å². The third kappa shape index (κ3) is 4.95. The maximum Gasteiger partial charge on any atom is 0.315 e. The van der Waals surface area contributed by atoms with Gasteiger partial charge in [-0.3, -0.25) is 14.6 Å². The third-order valence-corrected chi connectivity index (χ3v) is 6.77. The second-order valence-corrected chi connectivity index (χ2v) is 9.88. The SMILES string of the molecule is COc1ccc([C@H]2C3=C(C[C@@H](c4ccc(Cl)cc4)CC3=O)N=C(C)C2C(=O)OCC(C)C)cc1. The van der Waals surface area contributed by atoms with Crippen LogP contribution in [-0.4, -0.2) is 31.2 Å². The van der Waals surface area contributed by atoms with Crippen LogP contribution in [0.5, 0.6) is 5.75 Å². The average molecular weight is 480 g/mol. The van der Waals surface area contributed by atoms with Crippen molar-refractivity contribution in [1.29, 1.82) is 0 Å². The number of allylic oxidation sites excluding steroid dienone is 2. The topological polar surface area (TPSA) is 65.0 Å². The molecular formula is C28H30ClNO4. The molecule has 1 aliphatic heterocycles. The van der Waals surface area contributed by atoms with Gasteiger partial charge in [0.2, 0.25) is 0 Å². The smallest absolute Gasteiger partial charge is 0.315 e. The van der Waals surface area contributed by atoms with Crippen LogP contribution in [0.25, 0.3) is 0 Å². The van der Waals surface area contributed by atoms with E-state index in [2.05, 4.69) is 0 Å². The maximum absolute atomic E-state index is 13.6. The number of Topliss-reactive ketones (excluding diaryl/α,β-unsaturated/α-hetero) is 1. The summed E-state index contributed by atoms with van der Waals surface area (Å²) in [6, 6.07) is 15.2. The molecule has 2 aliphatic rings. The molecule has 0 amide bonds. The van der Waals surface area contributed by atoms with Crippen LogP contribution in [0.4, 0.5) is 0 Å². The minimum Gasteiger partial charge on any atom is -0.497 e. The van der Waals surface area contributed by atoms with Gasteiger partial charge in [0, 0.05) is 34.3 Å². The summed E-state index contributed by atoms with van der Waals surface area (Å²) >= 11 is 6.06. The van der Waals surface area contributed by atoms with Crippen molar-refractivity contribution < 1.29 is 19.1 Å². The van der Waals surface area contributed by atoms with Crippen LogP contribution < -0.4 is 4.74 Å². The number of aliphatic imine (C=N–C) groups is 1. The molecule has 0 saturated carbocycles. The molecule has 178 valence electrons. The van der Waals surface area contributed by atoms with Crippen molar-refractivity contribution in [3.63, 3.8) is 0 Å². The van der Waals surface area contributed by atoms with Gasteiger partial charge < -0.3 is 9.47 Å². The molecule has 0 fully saturated rings. The van der Waals surface area contributed by atoms with Crippen LogP contribution in [0.3, 0.4) is 0 Å². The predicted octanol–water partition coefficient (Wildman–Crippen LogP) is 6.12. The lowest BCUT2D eigenvalue weighted by molar-refractivity contribution is -0.147. The van der Waals surface area contributed by atoms with Gasteiger partial charge in [0.25, 0.3) is 0 Å². The summed E-state index contributed by atoms with van der Waals surface area (Å²) in [4.78, 5) is 31.7. The summed E-state index contributed by atoms with van der Waals surface area (Å²) in [7, 11) is 1.61. The van der Waals surface area contributed by atoms with E-state index in [-0.39, 0.29) is 23.6 Å². The second kappa shape index (κ2) is 10.1. The molecule has 0 radical (unpaired) electrons. The number of rotatable bonds is 6. The number of halogens is 1. The Morgan fingerprint density at radius 3 is 2.32 bits per heavy atom. The van der Waals surface area contributed by atoms with Crippen LogP contribution in [0.15, 0.2) is 64.8 Å². The predicted molar refractivity (Wildman–Crippen MR) is 134 cm³/mol. The monoisotopic (exact) mass is 479 g/mol. The summed E-state index contributed by atoms with van der Waals surface area (Å²) in [5.41, 5.74) is 4.02. The first-order valence-corrected chi connectivity index (χ1v) is 12.0. The molecule has 3 atom stereocenters. The molecule has 0 aromatic heterocycles. The first kappa shape index (κ1) is 24.2. The molecule has 2 aromatic rings. The minimum atomic E-state index is -0.637. The Kier molecular flexibility index (Phi) is 7.22. The van der Waals surface area contributed by atoms with Crippen molar-refractivity contribution in [2.45, 2.75) is 45.4 Å². The van der Waals surface area contributed by atoms with Crippen molar-refractivity contribution >= 4 is 29.1 Å². The summed E-state index contributed by atoms with van der Waals surface area (Å²) in [6.45, 7) is 6.19. The number of ketones is 1. The van der Waals surface area contributed by atoms with Gasteiger partial charge in [-0.1, -0.05) is 49.7 Å². The Morgan fingerprint density at radius 2 is 1.71 bits per heavy atom. The van der Waals surface area contributed by atoms with Crippen molar-refractivity contribution in [2.24, 2.45) is 16.8 Å². The van der Waals surface area contributed by atoms with Crippen molar-refractivity contribution in [1.82, 2.24) is 0 Å². The van der Waals surface area contributed by atoms with Gasteiger partial charge in [0.1, 0.15) is 11.7 Å². The van der Waals surface area contributed by atoms with E-state index in [1.54, 1.807) is 7.11 Å².